The molecule has 0 spiro atoms. The molecule has 0 aliphatic carbocycles. The quantitative estimate of drug-likeness (QED) is 0.804. The summed E-state index contributed by atoms with van der Waals surface area (Å²) in [5, 5.41) is 6.38. The molecule has 1 aromatic carbocycles. The molecular weight excluding hydrogens is 335 g/mol. The summed E-state index contributed by atoms with van der Waals surface area (Å²) in [4.78, 5) is 0.0443. The fourth-order valence-corrected chi connectivity index (χ4v) is 3.05. The number of nitrogens with zero attached hydrogens (tertiary/aromatic N) is 3. The smallest absolute Gasteiger partial charge is 0.282 e. The first-order valence-corrected chi connectivity index (χ1v) is 7.59. The lowest BCUT2D eigenvalue weighted by Gasteiger charge is -2.09. The van der Waals surface area contributed by atoms with E-state index in [-0.39, 0.29) is 16.5 Å². The molecule has 0 bridgehead atoms. The highest BCUT2D eigenvalue weighted by atomic mass is 32.2. The average molecular weight is 343 g/mol. The van der Waals surface area contributed by atoms with Gasteiger partial charge in [-0.2, -0.15) is 21.6 Å². The monoisotopic (exact) mass is 343 g/mol. The van der Waals surface area contributed by atoms with Crippen molar-refractivity contribution in [2.45, 2.75) is 11.1 Å². The fourth-order valence-electron chi connectivity index (χ4n) is 1.87. The molecule has 120 valence electrons. The predicted molar refractivity (Wildman–Crippen MR) is 74.0 cm³/mol. The van der Waals surface area contributed by atoms with Crippen molar-refractivity contribution >= 4 is 21.7 Å². The minimum atomic E-state index is -4.58. The average Bonchev–Trinajstić information content (AvgIpc) is 2.76. The maximum Gasteiger partial charge on any atom is 0.435 e. The number of anilines is 1. The van der Waals surface area contributed by atoms with E-state index in [2.05, 4.69) is 25.4 Å². The standard InChI is InChI=1S/C12H8F3N5O2S/c13-12(14,15)9-5-6-10(17-16-9)18-19-11-7-3-1-2-4-8(7)23(21,22)20-11/h1-6H,(H,17,18)(H,19,20). The van der Waals surface area contributed by atoms with Gasteiger partial charge in [-0.05, 0) is 24.3 Å². The van der Waals surface area contributed by atoms with Gasteiger partial charge in [0.2, 0.25) is 0 Å². The largest absolute Gasteiger partial charge is 0.435 e. The SMILES string of the molecule is O=S1(=O)N=C(NNc2ccc(C(F)(F)F)nn2)c2ccccc21. The molecule has 1 aromatic heterocycles. The third kappa shape index (κ3) is 2.95. The lowest BCUT2D eigenvalue weighted by atomic mass is 10.2. The van der Waals surface area contributed by atoms with Crippen LogP contribution < -0.4 is 10.9 Å². The van der Waals surface area contributed by atoms with E-state index in [4.69, 9.17) is 0 Å². The van der Waals surface area contributed by atoms with E-state index < -0.39 is 21.9 Å². The number of hydrogen-bond acceptors (Lipinski definition) is 6. The van der Waals surface area contributed by atoms with Crippen LogP contribution in [0.3, 0.4) is 0 Å². The maximum absolute atomic E-state index is 12.4. The summed E-state index contributed by atoms with van der Waals surface area (Å²) in [6.07, 6.45) is -4.58. The Morgan fingerprint density at radius 2 is 1.70 bits per heavy atom. The Kier molecular flexibility index (Phi) is 3.43. The summed E-state index contributed by atoms with van der Waals surface area (Å²) in [7, 11) is -3.78. The zero-order valence-electron chi connectivity index (χ0n) is 11.2. The maximum atomic E-state index is 12.4. The summed E-state index contributed by atoms with van der Waals surface area (Å²) in [6, 6.07) is 7.95. The van der Waals surface area contributed by atoms with Gasteiger partial charge >= 0.3 is 6.18 Å². The Bertz CT molecular complexity index is 878. The van der Waals surface area contributed by atoms with Gasteiger partial charge in [0.25, 0.3) is 10.0 Å². The Labute approximate surface area is 128 Å². The summed E-state index contributed by atoms with van der Waals surface area (Å²) in [5.41, 5.74) is 4.18. The van der Waals surface area contributed by atoms with Crippen LogP contribution >= 0.6 is 0 Å². The zero-order valence-corrected chi connectivity index (χ0v) is 12.0. The number of aromatic nitrogens is 2. The molecule has 23 heavy (non-hydrogen) atoms. The topological polar surface area (TPSA) is 96.3 Å². The molecule has 2 aromatic rings. The Morgan fingerprint density at radius 3 is 2.35 bits per heavy atom. The van der Waals surface area contributed by atoms with Crippen molar-refractivity contribution in [1.29, 1.82) is 0 Å². The molecule has 3 rings (SSSR count). The number of nitrogens with one attached hydrogen (secondary N) is 2. The van der Waals surface area contributed by atoms with Crippen LogP contribution in [0.25, 0.3) is 0 Å². The molecule has 1 aliphatic heterocycles. The van der Waals surface area contributed by atoms with Crippen LogP contribution in [0.5, 0.6) is 0 Å². The van der Waals surface area contributed by atoms with Gasteiger partial charge in [0.05, 0.1) is 0 Å². The van der Waals surface area contributed by atoms with E-state index >= 15 is 0 Å². The van der Waals surface area contributed by atoms with Crippen LogP contribution in [-0.2, 0) is 16.2 Å². The van der Waals surface area contributed by atoms with Crippen LogP contribution in [0.1, 0.15) is 11.3 Å². The summed E-state index contributed by atoms with van der Waals surface area (Å²) >= 11 is 0. The van der Waals surface area contributed by atoms with Crippen LogP contribution in [0.15, 0.2) is 45.7 Å². The number of sulfonamides is 1. The summed E-state index contributed by atoms with van der Waals surface area (Å²) in [5.74, 6) is -0.00947. The molecule has 1 aliphatic rings. The number of hydrogen-bond donors (Lipinski definition) is 2. The highest BCUT2D eigenvalue weighted by Crippen LogP contribution is 2.27. The van der Waals surface area contributed by atoms with Crippen molar-refractivity contribution in [1.82, 2.24) is 15.6 Å². The molecule has 0 unspecified atom stereocenters. The lowest BCUT2D eigenvalue weighted by Crippen LogP contribution is -2.30. The molecule has 0 atom stereocenters. The van der Waals surface area contributed by atoms with Gasteiger partial charge in [-0.1, -0.05) is 12.1 Å². The first-order valence-electron chi connectivity index (χ1n) is 6.15. The summed E-state index contributed by atoms with van der Waals surface area (Å²) in [6.45, 7) is 0. The van der Waals surface area contributed by atoms with Crippen molar-refractivity contribution in [3.05, 3.63) is 47.7 Å². The summed E-state index contributed by atoms with van der Waals surface area (Å²) < 4.78 is 64.3. The molecule has 0 saturated heterocycles. The number of fused-ring (bicyclic) bond motifs is 1. The third-order valence-corrected chi connectivity index (χ3v) is 4.23. The fraction of sp³-hybridized carbons (Fsp3) is 0.0833. The highest BCUT2D eigenvalue weighted by Gasteiger charge is 2.33. The van der Waals surface area contributed by atoms with Crippen molar-refractivity contribution < 1.29 is 21.6 Å². The van der Waals surface area contributed by atoms with E-state index in [1.165, 1.54) is 6.07 Å². The van der Waals surface area contributed by atoms with Crippen LogP contribution in [0.2, 0.25) is 0 Å². The second-order valence-corrected chi connectivity index (χ2v) is 6.04. The van der Waals surface area contributed by atoms with Crippen molar-refractivity contribution in [2.24, 2.45) is 4.40 Å². The van der Waals surface area contributed by atoms with Gasteiger partial charge in [-0.25, -0.2) is 0 Å². The van der Waals surface area contributed by atoms with Gasteiger partial charge in [0, 0.05) is 5.56 Å². The Morgan fingerprint density at radius 1 is 0.957 bits per heavy atom. The molecule has 0 fully saturated rings. The second kappa shape index (κ2) is 5.19. The molecule has 7 nitrogen and oxygen atoms in total. The highest BCUT2D eigenvalue weighted by molar-refractivity contribution is 7.90. The molecule has 0 amide bonds. The van der Waals surface area contributed by atoms with Gasteiger partial charge in [0.1, 0.15) is 4.90 Å². The van der Waals surface area contributed by atoms with Gasteiger partial charge in [0.15, 0.2) is 17.3 Å². The predicted octanol–water partition coefficient (Wildman–Crippen LogP) is 1.56. The van der Waals surface area contributed by atoms with Crippen LogP contribution in [-0.4, -0.2) is 24.5 Å². The van der Waals surface area contributed by atoms with E-state index in [0.717, 1.165) is 12.1 Å². The second-order valence-electron chi connectivity index (χ2n) is 4.46. The number of benzene rings is 1. The van der Waals surface area contributed by atoms with Crippen molar-refractivity contribution in [3.8, 4) is 0 Å². The van der Waals surface area contributed by atoms with E-state index in [0.29, 0.717) is 5.56 Å². The molecule has 0 radical (unpaired) electrons. The number of hydrazine groups is 1. The molecule has 11 heteroatoms. The lowest BCUT2D eigenvalue weighted by molar-refractivity contribution is -0.141. The minimum Gasteiger partial charge on any atom is -0.282 e. The van der Waals surface area contributed by atoms with Crippen molar-refractivity contribution in [2.75, 3.05) is 5.43 Å². The Hall–Kier alpha value is -2.69. The van der Waals surface area contributed by atoms with Gasteiger partial charge in [-0.3, -0.25) is 10.9 Å². The van der Waals surface area contributed by atoms with E-state index in [1.54, 1.807) is 18.2 Å². The minimum absolute atomic E-state index is 0.0160. The van der Waals surface area contributed by atoms with E-state index in [9.17, 15) is 21.6 Å². The van der Waals surface area contributed by atoms with E-state index in [1.807, 2.05) is 0 Å². The molecule has 2 heterocycles. The number of rotatable bonds is 2. The first kappa shape index (κ1) is 15.2. The number of alkyl halides is 3. The number of halogens is 3. The van der Waals surface area contributed by atoms with Crippen LogP contribution in [0.4, 0.5) is 19.0 Å². The van der Waals surface area contributed by atoms with Crippen molar-refractivity contribution in [3.63, 3.8) is 0 Å². The first-order chi connectivity index (χ1) is 10.8. The molecule has 0 saturated carbocycles. The normalized spacial score (nSPS) is 15.7. The Balaban J connectivity index is 1.77. The molecule has 2 N–H and O–H groups in total. The van der Waals surface area contributed by atoms with Gasteiger partial charge < -0.3 is 0 Å². The molecular formula is C12H8F3N5O2S. The third-order valence-electron chi connectivity index (χ3n) is 2.90. The van der Waals surface area contributed by atoms with Gasteiger partial charge in [-0.15, -0.1) is 14.6 Å². The number of amidine groups is 1. The van der Waals surface area contributed by atoms with Crippen LogP contribution in [0, 0.1) is 0 Å². The zero-order chi connectivity index (χ0) is 16.7.